The SMILES string of the molecule is CC1(C)CC(=O)C(Cn2cnc3ccccc32)C(=O)C1. The van der Waals surface area contributed by atoms with Crippen molar-refractivity contribution in [2.75, 3.05) is 0 Å². The molecule has 0 amide bonds. The van der Waals surface area contributed by atoms with E-state index >= 15 is 0 Å². The summed E-state index contributed by atoms with van der Waals surface area (Å²) in [4.78, 5) is 28.8. The molecule has 4 nitrogen and oxygen atoms in total. The number of aromatic nitrogens is 2. The van der Waals surface area contributed by atoms with Gasteiger partial charge in [-0.1, -0.05) is 26.0 Å². The van der Waals surface area contributed by atoms with Gasteiger partial charge >= 0.3 is 0 Å². The third-order valence-electron chi connectivity index (χ3n) is 3.99. The highest BCUT2D eigenvalue weighted by Gasteiger charge is 2.39. The Kier molecular flexibility index (Phi) is 2.96. The molecule has 1 aromatic heterocycles. The van der Waals surface area contributed by atoms with Crippen molar-refractivity contribution in [3.05, 3.63) is 30.6 Å². The van der Waals surface area contributed by atoms with Crippen LogP contribution >= 0.6 is 0 Å². The third kappa shape index (κ3) is 2.26. The molecule has 4 heteroatoms. The van der Waals surface area contributed by atoms with Gasteiger partial charge in [-0.25, -0.2) is 4.98 Å². The molecule has 0 atom stereocenters. The molecule has 2 aromatic rings. The van der Waals surface area contributed by atoms with Crippen LogP contribution in [-0.2, 0) is 16.1 Å². The standard InChI is InChI=1S/C16H18N2O2/c1-16(2)7-14(19)11(15(20)8-16)9-18-10-17-12-5-3-4-6-13(12)18/h3-6,10-11H,7-9H2,1-2H3. The Labute approximate surface area is 117 Å². The lowest BCUT2D eigenvalue weighted by atomic mass is 9.71. The highest BCUT2D eigenvalue weighted by Crippen LogP contribution is 2.34. The quantitative estimate of drug-likeness (QED) is 0.788. The van der Waals surface area contributed by atoms with Gasteiger partial charge in [-0.2, -0.15) is 0 Å². The van der Waals surface area contributed by atoms with Gasteiger partial charge in [-0.3, -0.25) is 9.59 Å². The molecule has 0 N–H and O–H groups in total. The number of para-hydroxylation sites is 2. The van der Waals surface area contributed by atoms with Crippen LogP contribution in [0.4, 0.5) is 0 Å². The molecule has 1 saturated carbocycles. The lowest BCUT2D eigenvalue weighted by Gasteiger charge is -2.32. The topological polar surface area (TPSA) is 52.0 Å². The highest BCUT2D eigenvalue weighted by molar-refractivity contribution is 6.05. The number of nitrogens with zero attached hydrogens (tertiary/aromatic N) is 2. The molecule has 104 valence electrons. The Morgan fingerprint density at radius 1 is 1.20 bits per heavy atom. The summed E-state index contributed by atoms with van der Waals surface area (Å²) in [5, 5.41) is 0. The maximum absolute atomic E-state index is 12.2. The van der Waals surface area contributed by atoms with Crippen molar-refractivity contribution in [1.29, 1.82) is 0 Å². The van der Waals surface area contributed by atoms with Gasteiger partial charge in [0.2, 0.25) is 0 Å². The number of fused-ring (bicyclic) bond motifs is 1. The number of hydrogen-bond donors (Lipinski definition) is 0. The number of hydrogen-bond acceptors (Lipinski definition) is 3. The Morgan fingerprint density at radius 3 is 2.55 bits per heavy atom. The van der Waals surface area contributed by atoms with Gasteiger partial charge in [0, 0.05) is 19.4 Å². The number of benzene rings is 1. The molecular weight excluding hydrogens is 252 g/mol. The second-order valence-electron chi connectivity index (χ2n) is 6.39. The van der Waals surface area contributed by atoms with Gasteiger partial charge in [0.05, 0.1) is 23.3 Å². The minimum absolute atomic E-state index is 0.0593. The summed E-state index contributed by atoms with van der Waals surface area (Å²) in [6, 6.07) is 7.76. The van der Waals surface area contributed by atoms with E-state index in [0.717, 1.165) is 11.0 Å². The Morgan fingerprint density at radius 2 is 1.85 bits per heavy atom. The van der Waals surface area contributed by atoms with E-state index in [1.165, 1.54) is 0 Å². The largest absolute Gasteiger partial charge is 0.329 e. The molecule has 1 aromatic carbocycles. The number of rotatable bonds is 2. The normalized spacial score (nSPS) is 19.7. The van der Waals surface area contributed by atoms with Crippen LogP contribution in [0.3, 0.4) is 0 Å². The van der Waals surface area contributed by atoms with Crippen LogP contribution < -0.4 is 0 Å². The molecule has 1 fully saturated rings. The van der Waals surface area contributed by atoms with Gasteiger partial charge in [-0.05, 0) is 17.5 Å². The summed E-state index contributed by atoms with van der Waals surface area (Å²) in [5.74, 6) is -0.395. The zero-order valence-electron chi connectivity index (χ0n) is 11.8. The van der Waals surface area contributed by atoms with Crippen LogP contribution in [0.1, 0.15) is 26.7 Å². The summed E-state index contributed by atoms with van der Waals surface area (Å²) in [7, 11) is 0. The first-order valence-corrected chi connectivity index (χ1v) is 6.92. The van der Waals surface area contributed by atoms with E-state index < -0.39 is 5.92 Å². The summed E-state index contributed by atoms with van der Waals surface area (Å²) in [5.41, 5.74) is 1.67. The molecule has 0 bridgehead atoms. The molecule has 0 aliphatic heterocycles. The number of Topliss-reactive ketones (excluding diaryl/α,β-unsaturated/α-hetero) is 2. The minimum atomic E-state index is -0.513. The summed E-state index contributed by atoms with van der Waals surface area (Å²) < 4.78 is 1.91. The second kappa shape index (κ2) is 4.54. The first kappa shape index (κ1) is 13.0. The fraction of sp³-hybridized carbons (Fsp3) is 0.438. The van der Waals surface area contributed by atoms with E-state index in [0.29, 0.717) is 19.4 Å². The van der Waals surface area contributed by atoms with Gasteiger partial charge in [0.15, 0.2) is 0 Å². The zero-order chi connectivity index (χ0) is 14.3. The van der Waals surface area contributed by atoms with Gasteiger partial charge < -0.3 is 4.57 Å². The predicted octanol–water partition coefficient (Wildman–Crippen LogP) is 2.61. The lowest BCUT2D eigenvalue weighted by molar-refractivity contribution is -0.140. The average molecular weight is 270 g/mol. The maximum atomic E-state index is 12.2. The van der Waals surface area contributed by atoms with Crippen molar-refractivity contribution in [3.8, 4) is 0 Å². The Bertz CT molecular complexity index is 665. The molecule has 3 rings (SSSR count). The summed E-state index contributed by atoms with van der Waals surface area (Å²) in [6.45, 7) is 4.37. The first-order chi connectivity index (χ1) is 9.46. The smallest absolute Gasteiger partial charge is 0.145 e. The minimum Gasteiger partial charge on any atom is -0.329 e. The molecule has 1 heterocycles. The first-order valence-electron chi connectivity index (χ1n) is 6.92. The number of ketones is 2. The highest BCUT2D eigenvalue weighted by atomic mass is 16.2. The fourth-order valence-corrected chi connectivity index (χ4v) is 2.99. The van der Waals surface area contributed by atoms with Crippen molar-refractivity contribution >= 4 is 22.6 Å². The van der Waals surface area contributed by atoms with Crippen LogP contribution in [0.5, 0.6) is 0 Å². The monoisotopic (exact) mass is 270 g/mol. The number of imidazole rings is 1. The van der Waals surface area contributed by atoms with Gasteiger partial charge in [-0.15, -0.1) is 0 Å². The summed E-state index contributed by atoms with van der Waals surface area (Å²) in [6.07, 6.45) is 2.68. The molecule has 0 saturated heterocycles. The molecule has 0 spiro atoms. The van der Waals surface area contributed by atoms with E-state index in [9.17, 15) is 9.59 Å². The van der Waals surface area contributed by atoms with E-state index in [4.69, 9.17) is 0 Å². The van der Waals surface area contributed by atoms with Gasteiger partial charge in [0.1, 0.15) is 11.6 Å². The average Bonchev–Trinajstić information content (AvgIpc) is 2.76. The Hall–Kier alpha value is -1.97. The lowest BCUT2D eigenvalue weighted by Crippen LogP contribution is -2.39. The van der Waals surface area contributed by atoms with E-state index in [1.54, 1.807) is 6.33 Å². The second-order valence-corrected chi connectivity index (χ2v) is 6.39. The number of carbonyl (C=O) groups excluding carboxylic acids is 2. The predicted molar refractivity (Wildman–Crippen MR) is 76.3 cm³/mol. The molecule has 20 heavy (non-hydrogen) atoms. The van der Waals surface area contributed by atoms with E-state index in [1.807, 2.05) is 42.7 Å². The Balaban J connectivity index is 1.88. The molecule has 1 aliphatic rings. The zero-order valence-corrected chi connectivity index (χ0v) is 11.8. The van der Waals surface area contributed by atoms with Crippen molar-refractivity contribution in [1.82, 2.24) is 9.55 Å². The molecule has 0 unspecified atom stereocenters. The third-order valence-corrected chi connectivity index (χ3v) is 3.99. The van der Waals surface area contributed by atoms with E-state index in [2.05, 4.69) is 4.98 Å². The van der Waals surface area contributed by atoms with Crippen LogP contribution in [0.2, 0.25) is 0 Å². The van der Waals surface area contributed by atoms with Crippen LogP contribution in [-0.4, -0.2) is 21.1 Å². The molecule has 0 radical (unpaired) electrons. The number of carbonyl (C=O) groups is 2. The fourth-order valence-electron chi connectivity index (χ4n) is 2.99. The van der Waals surface area contributed by atoms with Crippen LogP contribution in [0.15, 0.2) is 30.6 Å². The van der Waals surface area contributed by atoms with Gasteiger partial charge in [0.25, 0.3) is 0 Å². The van der Waals surface area contributed by atoms with Crippen LogP contribution in [0, 0.1) is 11.3 Å². The van der Waals surface area contributed by atoms with Crippen molar-refractivity contribution in [2.24, 2.45) is 11.3 Å². The molecule has 1 aliphatic carbocycles. The van der Waals surface area contributed by atoms with E-state index in [-0.39, 0.29) is 17.0 Å². The van der Waals surface area contributed by atoms with Crippen molar-refractivity contribution < 1.29 is 9.59 Å². The van der Waals surface area contributed by atoms with Crippen LogP contribution in [0.25, 0.3) is 11.0 Å². The maximum Gasteiger partial charge on any atom is 0.145 e. The summed E-state index contributed by atoms with van der Waals surface area (Å²) >= 11 is 0. The van der Waals surface area contributed by atoms with Crippen molar-refractivity contribution in [3.63, 3.8) is 0 Å². The molecular formula is C16H18N2O2. The van der Waals surface area contributed by atoms with Crippen molar-refractivity contribution in [2.45, 2.75) is 33.2 Å².